The first-order valence-electron chi connectivity index (χ1n) is 8.78. The zero-order valence-corrected chi connectivity index (χ0v) is 16.9. The van der Waals surface area contributed by atoms with Crippen LogP contribution in [-0.2, 0) is 5.75 Å². The highest BCUT2D eigenvalue weighted by atomic mass is 32.2. The first-order chi connectivity index (χ1) is 14.9. The number of benzene rings is 1. The van der Waals surface area contributed by atoms with E-state index in [0.717, 1.165) is 29.5 Å². The number of carbonyl (C=O) groups is 1. The number of halogens is 2. The number of nitrogens with zero attached hydrogens (tertiary/aromatic N) is 4. The fourth-order valence-electron chi connectivity index (χ4n) is 2.81. The van der Waals surface area contributed by atoms with Crippen molar-refractivity contribution in [3.8, 4) is 23.3 Å². The van der Waals surface area contributed by atoms with Gasteiger partial charge < -0.3 is 11.1 Å². The Hall–Kier alpha value is -4.02. The Kier molecular flexibility index (Phi) is 6.43. The minimum absolute atomic E-state index is 0.0161. The molecule has 0 saturated carbocycles. The summed E-state index contributed by atoms with van der Waals surface area (Å²) >= 11 is 1.15. The van der Waals surface area contributed by atoms with Gasteiger partial charge in [0.25, 0.3) is 5.91 Å². The third-order valence-electron chi connectivity index (χ3n) is 4.28. The van der Waals surface area contributed by atoms with E-state index in [-0.39, 0.29) is 44.7 Å². The standard InChI is InChI=1S/C21H14F2N6OS/c1-27-20(30)17-6-11(4-5-28-17)10-31-21-14(9-25)18(13(8-24)19(26)29-21)12-2-3-15(22)16(23)7-12/h2-7H,10H2,1H3,(H2,26,29)(H,27,30). The van der Waals surface area contributed by atoms with Crippen molar-refractivity contribution < 1.29 is 13.6 Å². The van der Waals surface area contributed by atoms with Crippen LogP contribution in [0.2, 0.25) is 0 Å². The highest BCUT2D eigenvalue weighted by Crippen LogP contribution is 2.37. The fourth-order valence-corrected chi connectivity index (χ4v) is 3.75. The second kappa shape index (κ2) is 9.20. The summed E-state index contributed by atoms with van der Waals surface area (Å²) in [7, 11) is 1.49. The zero-order valence-electron chi connectivity index (χ0n) is 16.1. The number of aromatic nitrogens is 2. The number of anilines is 1. The molecule has 1 aromatic carbocycles. The van der Waals surface area contributed by atoms with E-state index in [1.165, 1.54) is 19.3 Å². The Bertz CT molecular complexity index is 1270. The van der Waals surface area contributed by atoms with Crippen molar-refractivity contribution in [2.75, 3.05) is 12.8 Å². The van der Waals surface area contributed by atoms with E-state index in [4.69, 9.17) is 5.73 Å². The zero-order chi connectivity index (χ0) is 22.5. The number of amides is 1. The number of hydrogen-bond donors (Lipinski definition) is 2. The molecule has 2 aromatic heterocycles. The first-order valence-corrected chi connectivity index (χ1v) is 9.77. The van der Waals surface area contributed by atoms with E-state index in [1.54, 1.807) is 12.1 Å². The number of nitriles is 2. The summed E-state index contributed by atoms with van der Waals surface area (Å²) < 4.78 is 27.2. The lowest BCUT2D eigenvalue weighted by molar-refractivity contribution is 0.0958. The summed E-state index contributed by atoms with van der Waals surface area (Å²) in [5, 5.41) is 22.0. The van der Waals surface area contributed by atoms with Crippen molar-refractivity contribution in [3.63, 3.8) is 0 Å². The van der Waals surface area contributed by atoms with Gasteiger partial charge >= 0.3 is 0 Å². The predicted octanol–water partition coefficient (Wildman–Crippen LogP) is 3.40. The Balaban J connectivity index is 2.05. The molecule has 0 aliphatic carbocycles. The minimum atomic E-state index is -1.12. The molecule has 31 heavy (non-hydrogen) atoms. The smallest absolute Gasteiger partial charge is 0.269 e. The highest BCUT2D eigenvalue weighted by molar-refractivity contribution is 7.98. The van der Waals surface area contributed by atoms with E-state index in [9.17, 15) is 24.1 Å². The molecule has 0 aliphatic heterocycles. The summed E-state index contributed by atoms with van der Waals surface area (Å²) in [6.07, 6.45) is 1.49. The second-order valence-electron chi connectivity index (χ2n) is 6.20. The number of carbonyl (C=O) groups excluding carboxylic acids is 1. The highest BCUT2D eigenvalue weighted by Gasteiger charge is 2.21. The molecule has 10 heteroatoms. The van der Waals surface area contributed by atoms with Gasteiger partial charge in [0, 0.05) is 24.6 Å². The van der Waals surface area contributed by atoms with Crippen LogP contribution in [0.5, 0.6) is 0 Å². The number of pyridine rings is 2. The monoisotopic (exact) mass is 436 g/mol. The van der Waals surface area contributed by atoms with Crippen molar-refractivity contribution >= 4 is 23.5 Å². The lowest BCUT2D eigenvalue weighted by Crippen LogP contribution is -2.19. The van der Waals surface area contributed by atoms with Crippen molar-refractivity contribution in [2.24, 2.45) is 0 Å². The van der Waals surface area contributed by atoms with Crippen molar-refractivity contribution in [2.45, 2.75) is 10.8 Å². The molecule has 0 bridgehead atoms. The lowest BCUT2D eigenvalue weighted by atomic mass is 9.97. The molecular formula is C21H14F2N6OS. The summed E-state index contributed by atoms with van der Waals surface area (Å²) in [6.45, 7) is 0. The van der Waals surface area contributed by atoms with Gasteiger partial charge in [-0.05, 0) is 35.4 Å². The third kappa shape index (κ3) is 4.44. The van der Waals surface area contributed by atoms with Crippen molar-refractivity contribution in [1.82, 2.24) is 15.3 Å². The number of thioether (sulfide) groups is 1. The topological polar surface area (TPSA) is 128 Å². The largest absolute Gasteiger partial charge is 0.383 e. The van der Waals surface area contributed by atoms with Gasteiger partial charge in [-0.15, -0.1) is 11.8 Å². The van der Waals surface area contributed by atoms with Crippen LogP contribution < -0.4 is 11.1 Å². The van der Waals surface area contributed by atoms with Gasteiger partial charge in [-0.2, -0.15) is 10.5 Å². The molecule has 0 atom stereocenters. The Morgan fingerprint density at radius 2 is 1.90 bits per heavy atom. The van der Waals surface area contributed by atoms with Crippen molar-refractivity contribution in [3.05, 3.63) is 70.5 Å². The number of nitrogens with two attached hydrogens (primary N) is 1. The maximum absolute atomic E-state index is 13.8. The van der Waals surface area contributed by atoms with Crippen LogP contribution in [-0.4, -0.2) is 22.9 Å². The number of nitrogens with one attached hydrogen (secondary N) is 1. The van der Waals surface area contributed by atoms with Gasteiger partial charge in [-0.1, -0.05) is 6.07 Å². The second-order valence-corrected chi connectivity index (χ2v) is 7.16. The minimum Gasteiger partial charge on any atom is -0.383 e. The Labute approximate surface area is 180 Å². The Morgan fingerprint density at radius 3 is 2.55 bits per heavy atom. The van der Waals surface area contributed by atoms with Gasteiger partial charge in [0.15, 0.2) is 11.6 Å². The third-order valence-corrected chi connectivity index (χ3v) is 5.33. The van der Waals surface area contributed by atoms with E-state index < -0.39 is 11.6 Å². The fraction of sp³-hybridized carbons (Fsp3) is 0.0952. The summed E-state index contributed by atoms with van der Waals surface area (Å²) in [6, 6.07) is 10.3. The molecular weight excluding hydrogens is 422 g/mol. The molecule has 3 aromatic rings. The van der Waals surface area contributed by atoms with Gasteiger partial charge in [0.1, 0.15) is 34.2 Å². The first kappa shape index (κ1) is 21.7. The van der Waals surface area contributed by atoms with Crippen LogP contribution in [0.15, 0.2) is 41.6 Å². The van der Waals surface area contributed by atoms with Crippen LogP contribution in [0, 0.1) is 34.3 Å². The molecule has 154 valence electrons. The number of nitrogen functional groups attached to an aromatic ring is 1. The van der Waals surface area contributed by atoms with E-state index in [0.29, 0.717) is 5.75 Å². The van der Waals surface area contributed by atoms with E-state index >= 15 is 0 Å². The molecule has 0 fully saturated rings. The molecule has 0 unspecified atom stereocenters. The van der Waals surface area contributed by atoms with E-state index in [2.05, 4.69) is 15.3 Å². The van der Waals surface area contributed by atoms with Gasteiger partial charge in [-0.25, -0.2) is 13.8 Å². The molecule has 3 N–H and O–H groups in total. The summed E-state index contributed by atoms with van der Waals surface area (Å²) in [5.74, 6) is -2.33. The predicted molar refractivity (Wildman–Crippen MR) is 111 cm³/mol. The average Bonchev–Trinajstić information content (AvgIpc) is 2.78. The molecule has 0 radical (unpaired) electrons. The van der Waals surface area contributed by atoms with Crippen LogP contribution in [0.1, 0.15) is 27.2 Å². The molecule has 7 nitrogen and oxygen atoms in total. The maximum atomic E-state index is 13.8. The van der Waals surface area contributed by atoms with Gasteiger partial charge in [0.05, 0.1) is 5.56 Å². The molecule has 2 heterocycles. The SMILES string of the molecule is CNC(=O)c1cc(CSc2nc(N)c(C#N)c(-c3ccc(F)c(F)c3)c2C#N)ccn1. The number of rotatable bonds is 5. The van der Waals surface area contributed by atoms with Crippen LogP contribution in [0.3, 0.4) is 0 Å². The lowest BCUT2D eigenvalue weighted by Gasteiger charge is -2.13. The van der Waals surface area contributed by atoms with Crippen molar-refractivity contribution in [1.29, 1.82) is 10.5 Å². The normalized spacial score (nSPS) is 10.2. The quantitative estimate of drug-likeness (QED) is 0.587. The average molecular weight is 436 g/mol. The number of hydrogen-bond acceptors (Lipinski definition) is 7. The van der Waals surface area contributed by atoms with E-state index in [1.807, 2.05) is 12.1 Å². The van der Waals surface area contributed by atoms with Gasteiger partial charge in [-0.3, -0.25) is 9.78 Å². The van der Waals surface area contributed by atoms with Crippen LogP contribution in [0.4, 0.5) is 14.6 Å². The Morgan fingerprint density at radius 1 is 1.16 bits per heavy atom. The molecule has 3 rings (SSSR count). The molecule has 0 aliphatic rings. The van der Waals surface area contributed by atoms with Gasteiger partial charge in [0.2, 0.25) is 0 Å². The van der Waals surface area contributed by atoms with Crippen LogP contribution in [0.25, 0.3) is 11.1 Å². The molecule has 0 saturated heterocycles. The summed E-state index contributed by atoms with van der Waals surface area (Å²) in [4.78, 5) is 19.9. The molecule has 1 amide bonds. The molecule has 0 spiro atoms. The maximum Gasteiger partial charge on any atom is 0.269 e. The van der Waals surface area contributed by atoms with Crippen LogP contribution >= 0.6 is 11.8 Å². The summed E-state index contributed by atoms with van der Waals surface area (Å²) in [5.41, 5.74) is 7.03.